The number of aldehydes is 1. The van der Waals surface area contributed by atoms with Crippen LogP contribution in [0, 0.1) is 5.41 Å². The van der Waals surface area contributed by atoms with E-state index in [4.69, 9.17) is 15.7 Å². The van der Waals surface area contributed by atoms with E-state index < -0.39 is 6.04 Å². The minimum absolute atomic E-state index is 0.0616. The first kappa shape index (κ1) is 36.2. The van der Waals surface area contributed by atoms with E-state index in [1.807, 2.05) is 47.9 Å². The number of hydrogen-bond donors (Lipinski definition) is 3. The van der Waals surface area contributed by atoms with Crippen LogP contribution >= 0.6 is 0 Å². The number of carbonyl (C=O) groups excluding carboxylic acids is 2. The van der Waals surface area contributed by atoms with Crippen molar-refractivity contribution in [2.75, 3.05) is 26.7 Å². The minimum atomic E-state index is -0.456. The number of nitrogens with two attached hydrogens (primary N) is 1. The molecule has 0 aliphatic carbocycles. The lowest BCUT2D eigenvalue weighted by Crippen LogP contribution is -2.46. The number of aliphatic hydroxyl groups is 1. The highest BCUT2D eigenvalue weighted by atomic mass is 16.3. The number of benzene rings is 1. The Morgan fingerprint density at radius 1 is 1.09 bits per heavy atom. The molecule has 10 nitrogen and oxygen atoms in total. The van der Waals surface area contributed by atoms with Gasteiger partial charge in [-0.1, -0.05) is 53.4 Å². The van der Waals surface area contributed by atoms with Crippen LogP contribution in [-0.2, 0) is 24.8 Å². The van der Waals surface area contributed by atoms with Gasteiger partial charge < -0.3 is 35.0 Å². The van der Waals surface area contributed by atoms with Gasteiger partial charge in [0.05, 0.1) is 29.0 Å². The smallest absolute Gasteiger partial charge is 0.254 e. The lowest BCUT2D eigenvalue weighted by atomic mass is 9.88. The number of amides is 1. The highest BCUT2D eigenvalue weighted by molar-refractivity contribution is 6.00. The number of pyridine rings is 1. The van der Waals surface area contributed by atoms with E-state index in [9.17, 15) is 14.7 Å². The number of aromatic nitrogens is 4. The van der Waals surface area contributed by atoms with E-state index in [2.05, 4.69) is 45.6 Å². The van der Waals surface area contributed by atoms with Crippen molar-refractivity contribution in [1.82, 2.24) is 29.3 Å². The quantitative estimate of drug-likeness (QED) is 0.110. The van der Waals surface area contributed by atoms with Crippen molar-refractivity contribution >= 4 is 34.3 Å². The van der Waals surface area contributed by atoms with E-state index in [0.717, 1.165) is 103 Å². The third-order valence-electron chi connectivity index (χ3n) is 9.36. The summed E-state index contributed by atoms with van der Waals surface area (Å²) in [6, 6.07) is 10.1. The molecule has 4 N–H and O–H groups in total. The Bertz CT molecular complexity index is 1670. The van der Waals surface area contributed by atoms with Gasteiger partial charge in [-0.2, -0.15) is 0 Å². The lowest BCUT2D eigenvalue weighted by Gasteiger charge is -2.30. The zero-order valence-electron chi connectivity index (χ0n) is 29.5. The summed E-state index contributed by atoms with van der Waals surface area (Å²) in [5.74, 6) is 0.782. The number of fused-ring (bicyclic) bond motifs is 3. The van der Waals surface area contributed by atoms with E-state index in [-0.39, 0.29) is 24.0 Å². The molecule has 1 aliphatic rings. The molecule has 0 saturated heterocycles. The second kappa shape index (κ2) is 16.0. The number of nitrogens with one attached hydrogen (secondary N) is 1. The highest BCUT2D eigenvalue weighted by Crippen LogP contribution is 2.33. The van der Waals surface area contributed by atoms with Crippen LogP contribution in [0.1, 0.15) is 101 Å². The summed E-state index contributed by atoms with van der Waals surface area (Å²) in [6.07, 6.45) is 8.16. The van der Waals surface area contributed by atoms with Crippen LogP contribution in [0.3, 0.4) is 0 Å². The Morgan fingerprint density at radius 3 is 2.51 bits per heavy atom. The maximum atomic E-state index is 13.4. The molecule has 256 valence electrons. The van der Waals surface area contributed by atoms with Crippen LogP contribution in [0.15, 0.2) is 30.3 Å². The van der Waals surface area contributed by atoms with E-state index >= 15 is 0 Å². The standard InChI is InChI=1S/C35H49N7O3.C2H6/c1-23(37-4)28-12-11-25-18-31(42(32(25)38-28)15-10-8-6-7-9-14-35(2,3)22-44)33-39-29-19-27-24(17-30(29)40(33)5)13-16-41(34(27)45)20-26(36)21-43;1-2/h11-12,17-19,22-23,26,37,43H,6-10,13-16,20-21,36H2,1-5H3;1-2H3. The molecular formula is C37H55N7O3. The van der Waals surface area contributed by atoms with Crippen molar-refractivity contribution in [2.24, 2.45) is 18.2 Å². The Morgan fingerprint density at radius 2 is 1.81 bits per heavy atom. The summed E-state index contributed by atoms with van der Waals surface area (Å²) in [6.45, 7) is 11.7. The first-order chi connectivity index (χ1) is 22.6. The van der Waals surface area contributed by atoms with E-state index in [0.29, 0.717) is 18.7 Å². The highest BCUT2D eigenvalue weighted by Gasteiger charge is 2.28. The molecule has 4 heterocycles. The molecule has 0 radical (unpaired) electrons. The topological polar surface area (TPSA) is 131 Å². The summed E-state index contributed by atoms with van der Waals surface area (Å²) in [5.41, 5.74) is 12.1. The molecule has 0 spiro atoms. The SMILES string of the molecule is CC.CNC(C)c1ccc2cc(-c3nc4cc5c(cc4n3C)CCN(CC(N)CO)C5=O)n(CCCCCCCC(C)(C)C=O)c2n1. The fourth-order valence-electron chi connectivity index (χ4n) is 6.34. The van der Waals surface area contributed by atoms with Crippen molar-refractivity contribution < 1.29 is 14.7 Å². The van der Waals surface area contributed by atoms with Crippen LogP contribution in [0.5, 0.6) is 0 Å². The molecule has 1 aromatic carbocycles. The van der Waals surface area contributed by atoms with Gasteiger partial charge in [0.1, 0.15) is 11.9 Å². The van der Waals surface area contributed by atoms with E-state index in [1.165, 1.54) is 0 Å². The van der Waals surface area contributed by atoms with Gasteiger partial charge >= 0.3 is 0 Å². The molecular weight excluding hydrogens is 590 g/mol. The van der Waals surface area contributed by atoms with Crippen molar-refractivity contribution in [3.8, 4) is 11.5 Å². The second-order valence-corrected chi connectivity index (χ2v) is 13.4. The zero-order valence-corrected chi connectivity index (χ0v) is 29.5. The Hall–Kier alpha value is -3.60. The van der Waals surface area contributed by atoms with Gasteiger partial charge in [0.2, 0.25) is 0 Å². The Labute approximate surface area is 279 Å². The summed E-state index contributed by atoms with van der Waals surface area (Å²) in [7, 11) is 3.99. The van der Waals surface area contributed by atoms with Crippen molar-refractivity contribution in [3.63, 3.8) is 0 Å². The van der Waals surface area contributed by atoms with Crippen molar-refractivity contribution in [2.45, 2.75) is 98.2 Å². The predicted octanol–water partition coefficient (Wildman–Crippen LogP) is 5.78. The number of nitrogens with zero attached hydrogens (tertiary/aromatic N) is 5. The maximum absolute atomic E-state index is 13.4. The van der Waals surface area contributed by atoms with Crippen LogP contribution in [0.25, 0.3) is 33.6 Å². The monoisotopic (exact) mass is 645 g/mol. The largest absolute Gasteiger partial charge is 0.395 e. The molecule has 47 heavy (non-hydrogen) atoms. The molecule has 1 aliphatic heterocycles. The number of aryl methyl sites for hydroxylation is 2. The Balaban J connectivity index is 0.00000245. The normalized spacial score (nSPS) is 14.7. The fraction of sp³-hybridized carbons (Fsp3) is 0.568. The molecule has 3 aromatic heterocycles. The van der Waals surface area contributed by atoms with Crippen LogP contribution < -0.4 is 11.1 Å². The van der Waals surface area contributed by atoms with Gasteiger partial charge in [-0.25, -0.2) is 9.97 Å². The average molecular weight is 646 g/mol. The maximum Gasteiger partial charge on any atom is 0.254 e. The van der Waals surface area contributed by atoms with Crippen molar-refractivity contribution in [1.29, 1.82) is 0 Å². The van der Waals surface area contributed by atoms with Crippen molar-refractivity contribution in [3.05, 3.63) is 47.2 Å². The first-order valence-corrected chi connectivity index (χ1v) is 17.4. The van der Waals surface area contributed by atoms with Crippen LogP contribution in [0.2, 0.25) is 0 Å². The number of carbonyl (C=O) groups is 2. The number of unbranched alkanes of at least 4 members (excludes halogenated alkanes) is 4. The minimum Gasteiger partial charge on any atom is -0.395 e. The van der Waals surface area contributed by atoms with E-state index in [1.54, 1.807) is 4.90 Å². The number of hydrogen-bond acceptors (Lipinski definition) is 7. The summed E-state index contributed by atoms with van der Waals surface area (Å²) in [4.78, 5) is 36.5. The van der Waals surface area contributed by atoms with Gasteiger partial charge in [0, 0.05) is 55.1 Å². The summed E-state index contributed by atoms with van der Waals surface area (Å²) >= 11 is 0. The molecule has 2 atom stereocenters. The van der Waals surface area contributed by atoms with Crippen LogP contribution in [-0.4, -0.2) is 74.1 Å². The molecule has 1 amide bonds. The summed E-state index contributed by atoms with van der Waals surface area (Å²) < 4.78 is 4.44. The predicted molar refractivity (Wildman–Crippen MR) is 190 cm³/mol. The third-order valence-corrected chi connectivity index (χ3v) is 9.36. The van der Waals surface area contributed by atoms with Gasteiger partial charge in [-0.05, 0) is 69.1 Å². The number of imidazole rings is 1. The third kappa shape index (κ3) is 8.11. The fourth-order valence-corrected chi connectivity index (χ4v) is 6.34. The van der Waals surface area contributed by atoms with Crippen LogP contribution in [0.4, 0.5) is 0 Å². The molecule has 10 heteroatoms. The number of aliphatic hydroxyl groups excluding tert-OH is 1. The first-order valence-electron chi connectivity index (χ1n) is 17.4. The lowest BCUT2D eigenvalue weighted by molar-refractivity contribution is -0.115. The molecule has 0 fully saturated rings. The van der Waals surface area contributed by atoms with Gasteiger partial charge in [0.15, 0.2) is 5.82 Å². The average Bonchev–Trinajstić information content (AvgIpc) is 3.61. The molecule has 2 unspecified atom stereocenters. The van der Waals surface area contributed by atoms with Gasteiger partial charge in [-0.3, -0.25) is 4.79 Å². The molecule has 5 rings (SSSR count). The summed E-state index contributed by atoms with van der Waals surface area (Å²) in [5, 5.41) is 13.8. The molecule has 4 aromatic rings. The zero-order chi connectivity index (χ0) is 34.3. The molecule has 0 bridgehead atoms. The van der Waals surface area contributed by atoms with Gasteiger partial charge in [-0.15, -0.1) is 0 Å². The molecule has 0 saturated carbocycles. The second-order valence-electron chi connectivity index (χ2n) is 13.4. The van der Waals surface area contributed by atoms with Gasteiger partial charge in [0.25, 0.3) is 5.91 Å². The number of rotatable bonds is 15. The Kier molecular flexibility index (Phi) is 12.3.